The smallest absolute Gasteiger partial charge is 0.0725 e. The molecule has 0 bridgehead atoms. The van der Waals surface area contributed by atoms with Gasteiger partial charge < -0.3 is 15.0 Å². The van der Waals surface area contributed by atoms with Crippen molar-refractivity contribution in [2.75, 3.05) is 20.1 Å². The van der Waals surface area contributed by atoms with Crippen LogP contribution in [0.2, 0.25) is 0 Å². The zero-order valence-electron chi connectivity index (χ0n) is 11.7. The molecule has 2 rings (SSSR count). The van der Waals surface area contributed by atoms with Gasteiger partial charge in [0.25, 0.3) is 0 Å². The molecule has 0 fully saturated rings. The standard InChI is InChI=1S/C15H24N2O/c1-4-17(3)9-12(2)16-8-13-5-6-14-10-18-11-15(14)7-13/h5-7,12,16H,4,8-11H2,1-3H3. The van der Waals surface area contributed by atoms with Crippen molar-refractivity contribution in [1.29, 1.82) is 0 Å². The van der Waals surface area contributed by atoms with Crippen LogP contribution < -0.4 is 5.32 Å². The lowest BCUT2D eigenvalue weighted by Crippen LogP contribution is -2.36. The molecule has 3 nitrogen and oxygen atoms in total. The Morgan fingerprint density at radius 3 is 2.89 bits per heavy atom. The van der Waals surface area contributed by atoms with E-state index in [1.54, 1.807) is 0 Å². The minimum absolute atomic E-state index is 0.513. The number of hydrogen-bond acceptors (Lipinski definition) is 3. The van der Waals surface area contributed by atoms with Crippen molar-refractivity contribution in [3.63, 3.8) is 0 Å². The van der Waals surface area contributed by atoms with Crippen LogP contribution >= 0.6 is 0 Å². The third-order valence-electron chi connectivity index (χ3n) is 3.57. The maximum Gasteiger partial charge on any atom is 0.0725 e. The summed E-state index contributed by atoms with van der Waals surface area (Å²) in [6.45, 7) is 9.10. The monoisotopic (exact) mass is 248 g/mol. The van der Waals surface area contributed by atoms with Crippen molar-refractivity contribution < 1.29 is 4.74 Å². The molecule has 18 heavy (non-hydrogen) atoms. The highest BCUT2D eigenvalue weighted by molar-refractivity contribution is 5.33. The number of nitrogens with one attached hydrogen (secondary N) is 1. The van der Waals surface area contributed by atoms with Gasteiger partial charge in [0.2, 0.25) is 0 Å². The molecule has 0 spiro atoms. The highest BCUT2D eigenvalue weighted by Gasteiger charge is 2.11. The lowest BCUT2D eigenvalue weighted by atomic mass is 10.1. The van der Waals surface area contributed by atoms with Crippen LogP contribution in [-0.2, 0) is 24.5 Å². The summed E-state index contributed by atoms with van der Waals surface area (Å²) < 4.78 is 5.44. The molecule has 0 aliphatic carbocycles. The molecular weight excluding hydrogens is 224 g/mol. The summed E-state index contributed by atoms with van der Waals surface area (Å²) in [5, 5.41) is 3.57. The van der Waals surface area contributed by atoms with E-state index >= 15 is 0 Å². The molecule has 3 heteroatoms. The Hall–Kier alpha value is -0.900. The van der Waals surface area contributed by atoms with E-state index < -0.39 is 0 Å². The molecule has 1 heterocycles. The first kappa shape index (κ1) is 13.5. The Morgan fingerprint density at radius 2 is 2.11 bits per heavy atom. The van der Waals surface area contributed by atoms with Crippen molar-refractivity contribution in [2.45, 2.75) is 39.6 Å². The fourth-order valence-electron chi connectivity index (χ4n) is 2.29. The van der Waals surface area contributed by atoms with Gasteiger partial charge in [0.1, 0.15) is 0 Å². The van der Waals surface area contributed by atoms with Gasteiger partial charge in [0, 0.05) is 19.1 Å². The molecule has 1 N–H and O–H groups in total. The average molecular weight is 248 g/mol. The first-order valence-corrected chi connectivity index (χ1v) is 6.79. The Labute approximate surface area is 110 Å². The van der Waals surface area contributed by atoms with Gasteiger partial charge in [-0.15, -0.1) is 0 Å². The molecular formula is C15H24N2O. The van der Waals surface area contributed by atoms with Gasteiger partial charge in [-0.3, -0.25) is 0 Å². The van der Waals surface area contributed by atoms with Gasteiger partial charge in [-0.25, -0.2) is 0 Å². The predicted molar refractivity (Wildman–Crippen MR) is 74.4 cm³/mol. The Bertz CT molecular complexity index is 392. The maximum atomic E-state index is 5.44. The highest BCUT2D eigenvalue weighted by Crippen LogP contribution is 2.20. The average Bonchev–Trinajstić information content (AvgIpc) is 2.83. The Kier molecular flexibility index (Phi) is 4.75. The molecule has 0 saturated heterocycles. The second kappa shape index (κ2) is 6.32. The number of hydrogen-bond donors (Lipinski definition) is 1. The summed E-state index contributed by atoms with van der Waals surface area (Å²) >= 11 is 0. The fourth-order valence-corrected chi connectivity index (χ4v) is 2.29. The third kappa shape index (κ3) is 3.55. The predicted octanol–water partition coefficient (Wildman–Crippen LogP) is 2.15. The van der Waals surface area contributed by atoms with Crippen LogP contribution in [0.4, 0.5) is 0 Å². The Morgan fingerprint density at radius 1 is 1.33 bits per heavy atom. The number of fused-ring (bicyclic) bond motifs is 1. The molecule has 1 unspecified atom stereocenters. The number of nitrogens with zero attached hydrogens (tertiary/aromatic N) is 1. The van der Waals surface area contributed by atoms with Crippen LogP contribution in [0.15, 0.2) is 18.2 Å². The molecule has 1 aliphatic rings. The van der Waals surface area contributed by atoms with Crippen molar-refractivity contribution >= 4 is 0 Å². The second-order valence-corrected chi connectivity index (χ2v) is 5.23. The molecule has 0 saturated carbocycles. The molecule has 0 amide bonds. The molecule has 1 aromatic carbocycles. The zero-order valence-corrected chi connectivity index (χ0v) is 11.7. The van der Waals surface area contributed by atoms with Crippen LogP contribution in [0.5, 0.6) is 0 Å². The van der Waals surface area contributed by atoms with E-state index in [1.165, 1.54) is 16.7 Å². The summed E-state index contributed by atoms with van der Waals surface area (Å²) in [5.74, 6) is 0. The minimum Gasteiger partial charge on any atom is -0.372 e. The number of benzene rings is 1. The first-order chi connectivity index (χ1) is 8.69. The van der Waals surface area contributed by atoms with Gasteiger partial charge in [0.05, 0.1) is 13.2 Å². The lowest BCUT2D eigenvalue weighted by Gasteiger charge is -2.20. The summed E-state index contributed by atoms with van der Waals surface area (Å²) in [6, 6.07) is 7.18. The number of rotatable bonds is 6. The van der Waals surface area contributed by atoms with Gasteiger partial charge in [-0.05, 0) is 37.2 Å². The summed E-state index contributed by atoms with van der Waals surface area (Å²) in [4.78, 5) is 2.33. The van der Waals surface area contributed by atoms with E-state index in [9.17, 15) is 0 Å². The van der Waals surface area contributed by atoms with E-state index in [-0.39, 0.29) is 0 Å². The first-order valence-electron chi connectivity index (χ1n) is 6.79. The number of likely N-dealkylation sites (N-methyl/N-ethyl adjacent to an activating group) is 1. The second-order valence-electron chi connectivity index (χ2n) is 5.23. The van der Waals surface area contributed by atoms with Crippen LogP contribution in [0.3, 0.4) is 0 Å². The Balaban J connectivity index is 1.83. The summed E-state index contributed by atoms with van der Waals surface area (Å²) in [6.07, 6.45) is 0. The van der Waals surface area contributed by atoms with Gasteiger partial charge in [0.15, 0.2) is 0 Å². The van der Waals surface area contributed by atoms with E-state index in [1.807, 2.05) is 0 Å². The SMILES string of the molecule is CCN(C)CC(C)NCc1ccc2c(c1)COC2. The molecule has 100 valence electrons. The van der Waals surface area contributed by atoms with Crippen molar-refractivity contribution in [1.82, 2.24) is 10.2 Å². The van der Waals surface area contributed by atoms with Gasteiger partial charge in [-0.1, -0.05) is 25.1 Å². The van der Waals surface area contributed by atoms with E-state index in [4.69, 9.17) is 4.74 Å². The maximum absolute atomic E-state index is 5.44. The number of ether oxygens (including phenoxy) is 1. The molecule has 0 aromatic heterocycles. The molecule has 1 aromatic rings. The summed E-state index contributed by atoms with van der Waals surface area (Å²) in [5.41, 5.74) is 4.05. The van der Waals surface area contributed by atoms with Crippen molar-refractivity contribution in [3.05, 3.63) is 34.9 Å². The van der Waals surface area contributed by atoms with E-state index in [0.29, 0.717) is 6.04 Å². The van der Waals surface area contributed by atoms with Crippen LogP contribution in [0, 0.1) is 0 Å². The molecule has 0 radical (unpaired) electrons. The topological polar surface area (TPSA) is 24.5 Å². The van der Waals surface area contributed by atoms with Crippen molar-refractivity contribution in [2.24, 2.45) is 0 Å². The van der Waals surface area contributed by atoms with E-state index in [2.05, 4.69) is 49.3 Å². The van der Waals surface area contributed by atoms with Crippen LogP contribution in [0.25, 0.3) is 0 Å². The largest absolute Gasteiger partial charge is 0.372 e. The highest BCUT2D eigenvalue weighted by atomic mass is 16.5. The fraction of sp³-hybridized carbons (Fsp3) is 0.600. The van der Waals surface area contributed by atoms with Crippen LogP contribution in [0.1, 0.15) is 30.5 Å². The third-order valence-corrected chi connectivity index (χ3v) is 3.57. The van der Waals surface area contributed by atoms with Gasteiger partial charge >= 0.3 is 0 Å². The van der Waals surface area contributed by atoms with Crippen molar-refractivity contribution in [3.8, 4) is 0 Å². The van der Waals surface area contributed by atoms with Crippen LogP contribution in [-0.4, -0.2) is 31.1 Å². The zero-order chi connectivity index (χ0) is 13.0. The molecule has 1 atom stereocenters. The summed E-state index contributed by atoms with van der Waals surface area (Å²) in [7, 11) is 2.16. The molecule has 1 aliphatic heterocycles. The van der Waals surface area contributed by atoms with Gasteiger partial charge in [-0.2, -0.15) is 0 Å². The quantitative estimate of drug-likeness (QED) is 0.835. The lowest BCUT2D eigenvalue weighted by molar-refractivity contribution is 0.134. The van der Waals surface area contributed by atoms with E-state index in [0.717, 1.165) is 32.8 Å². The minimum atomic E-state index is 0.513. The normalized spacial score (nSPS) is 16.0.